The number of nitrogens with one attached hydrogen (secondary N) is 2. The Morgan fingerprint density at radius 3 is 2.70 bits per heavy atom. The first-order chi connectivity index (χ1) is 14.4. The van der Waals surface area contributed by atoms with Crippen LogP contribution in [0.25, 0.3) is 11.1 Å². The third kappa shape index (κ3) is 5.79. The molecule has 1 heterocycles. The standard InChI is InChI=1S/C23H24ClN3O3/c1-15(26-14-22(28)17-5-2-6-18(24)10-17)12-27-19-7-3-4-16(11-19)21-13-25-9-8-20(21)23(29)30/h2-11,13,15,22,26-28H,12,14H2,1H3,(H,29,30). The first kappa shape index (κ1) is 21.8. The van der Waals surface area contributed by atoms with Crippen molar-refractivity contribution in [3.05, 3.63) is 83.1 Å². The smallest absolute Gasteiger partial charge is 0.336 e. The molecule has 0 aliphatic heterocycles. The van der Waals surface area contributed by atoms with Gasteiger partial charge in [-0.15, -0.1) is 0 Å². The molecule has 2 atom stereocenters. The molecule has 30 heavy (non-hydrogen) atoms. The van der Waals surface area contributed by atoms with E-state index in [-0.39, 0.29) is 11.6 Å². The third-order valence-electron chi connectivity index (χ3n) is 4.73. The lowest BCUT2D eigenvalue weighted by Gasteiger charge is -2.19. The van der Waals surface area contributed by atoms with Crippen molar-refractivity contribution in [1.82, 2.24) is 10.3 Å². The molecule has 6 nitrogen and oxygen atoms in total. The number of carbonyl (C=O) groups is 1. The highest BCUT2D eigenvalue weighted by Gasteiger charge is 2.13. The largest absolute Gasteiger partial charge is 0.478 e. The summed E-state index contributed by atoms with van der Waals surface area (Å²) in [6, 6.07) is 16.3. The number of benzene rings is 2. The van der Waals surface area contributed by atoms with E-state index in [9.17, 15) is 15.0 Å². The van der Waals surface area contributed by atoms with Gasteiger partial charge in [-0.1, -0.05) is 35.9 Å². The predicted octanol–water partition coefficient (Wildman–Crippen LogP) is 4.22. The Labute approximate surface area is 180 Å². The molecule has 2 aromatic carbocycles. The molecule has 0 spiro atoms. The second kappa shape index (κ2) is 10.2. The number of carboxylic acid groups (broad SMARTS) is 1. The molecule has 4 N–H and O–H groups in total. The van der Waals surface area contributed by atoms with Gasteiger partial charge in [-0.3, -0.25) is 4.98 Å². The van der Waals surface area contributed by atoms with E-state index in [1.54, 1.807) is 18.3 Å². The molecule has 0 saturated heterocycles. The molecule has 2 unspecified atom stereocenters. The van der Waals surface area contributed by atoms with Crippen molar-refractivity contribution in [2.24, 2.45) is 0 Å². The molecule has 0 radical (unpaired) electrons. The Morgan fingerprint density at radius 1 is 1.13 bits per heavy atom. The van der Waals surface area contributed by atoms with Crippen LogP contribution in [0.4, 0.5) is 5.69 Å². The number of hydrogen-bond donors (Lipinski definition) is 4. The monoisotopic (exact) mass is 425 g/mol. The lowest BCUT2D eigenvalue weighted by atomic mass is 10.0. The van der Waals surface area contributed by atoms with Crippen LogP contribution >= 0.6 is 11.6 Å². The topological polar surface area (TPSA) is 94.5 Å². The van der Waals surface area contributed by atoms with E-state index in [1.165, 1.54) is 12.3 Å². The van der Waals surface area contributed by atoms with Gasteiger partial charge in [0.05, 0.1) is 11.7 Å². The Bertz CT molecular complexity index is 1010. The molecular weight excluding hydrogens is 402 g/mol. The zero-order valence-electron chi connectivity index (χ0n) is 16.5. The van der Waals surface area contributed by atoms with Crippen LogP contribution in [0, 0.1) is 0 Å². The Balaban J connectivity index is 1.57. The molecule has 7 heteroatoms. The fraction of sp³-hybridized carbons (Fsp3) is 0.217. The minimum absolute atomic E-state index is 0.0930. The van der Waals surface area contributed by atoms with Gasteiger partial charge in [0, 0.05) is 47.8 Å². The first-order valence-electron chi connectivity index (χ1n) is 9.62. The average Bonchev–Trinajstić information content (AvgIpc) is 2.76. The second-order valence-corrected chi connectivity index (χ2v) is 7.50. The Morgan fingerprint density at radius 2 is 1.93 bits per heavy atom. The van der Waals surface area contributed by atoms with Crippen molar-refractivity contribution in [2.75, 3.05) is 18.4 Å². The van der Waals surface area contributed by atoms with Gasteiger partial charge in [0.2, 0.25) is 0 Å². The van der Waals surface area contributed by atoms with Gasteiger partial charge in [0.25, 0.3) is 0 Å². The van der Waals surface area contributed by atoms with Crippen LogP contribution in [0.2, 0.25) is 5.02 Å². The van der Waals surface area contributed by atoms with Crippen LogP contribution in [0.1, 0.15) is 28.9 Å². The second-order valence-electron chi connectivity index (χ2n) is 7.07. The van der Waals surface area contributed by atoms with Crippen molar-refractivity contribution in [2.45, 2.75) is 19.1 Å². The van der Waals surface area contributed by atoms with Crippen molar-refractivity contribution in [3.8, 4) is 11.1 Å². The van der Waals surface area contributed by atoms with Crippen LogP contribution < -0.4 is 10.6 Å². The number of aliphatic hydroxyl groups excluding tert-OH is 1. The summed E-state index contributed by atoms with van der Waals surface area (Å²) in [4.78, 5) is 15.5. The lowest BCUT2D eigenvalue weighted by Crippen LogP contribution is -2.35. The Hall–Kier alpha value is -2.93. The van der Waals surface area contributed by atoms with Crippen LogP contribution in [-0.2, 0) is 0 Å². The molecule has 0 bridgehead atoms. The number of halogens is 1. The fourth-order valence-corrected chi connectivity index (χ4v) is 3.29. The minimum atomic E-state index is -0.984. The molecule has 156 valence electrons. The Kier molecular flexibility index (Phi) is 7.41. The highest BCUT2D eigenvalue weighted by atomic mass is 35.5. The van der Waals surface area contributed by atoms with E-state index in [0.717, 1.165) is 16.8 Å². The molecule has 0 aliphatic carbocycles. The molecule has 1 aromatic heterocycles. The van der Waals surface area contributed by atoms with Crippen molar-refractivity contribution in [3.63, 3.8) is 0 Å². The maximum atomic E-state index is 11.5. The number of aromatic nitrogens is 1. The number of rotatable bonds is 9. The zero-order valence-corrected chi connectivity index (χ0v) is 17.3. The lowest BCUT2D eigenvalue weighted by molar-refractivity contribution is 0.0697. The van der Waals surface area contributed by atoms with Gasteiger partial charge >= 0.3 is 5.97 Å². The van der Waals surface area contributed by atoms with Crippen molar-refractivity contribution < 1.29 is 15.0 Å². The van der Waals surface area contributed by atoms with E-state index >= 15 is 0 Å². The summed E-state index contributed by atoms with van der Waals surface area (Å²) in [5.74, 6) is -0.984. The van der Waals surface area contributed by atoms with E-state index < -0.39 is 12.1 Å². The minimum Gasteiger partial charge on any atom is -0.478 e. The van der Waals surface area contributed by atoms with Gasteiger partial charge in [-0.25, -0.2) is 4.79 Å². The quantitative estimate of drug-likeness (QED) is 0.410. The summed E-state index contributed by atoms with van der Waals surface area (Å²) in [6.07, 6.45) is 2.39. The number of carboxylic acids is 1. The summed E-state index contributed by atoms with van der Waals surface area (Å²) < 4.78 is 0. The first-order valence-corrected chi connectivity index (χ1v) is 10.0. The van der Waals surface area contributed by atoms with Gasteiger partial charge in [0.1, 0.15) is 0 Å². The molecule has 0 fully saturated rings. The SMILES string of the molecule is CC(CNc1cccc(-c2cnccc2C(=O)O)c1)NCC(O)c1cccc(Cl)c1. The molecular formula is C23H24ClN3O3. The number of aromatic carboxylic acids is 1. The number of hydrogen-bond acceptors (Lipinski definition) is 5. The third-order valence-corrected chi connectivity index (χ3v) is 4.97. The summed E-state index contributed by atoms with van der Waals surface area (Å²) in [5, 5.41) is 26.9. The molecule has 0 saturated carbocycles. The molecule has 3 rings (SSSR count). The number of nitrogens with zero attached hydrogens (tertiary/aromatic N) is 1. The maximum Gasteiger partial charge on any atom is 0.336 e. The highest BCUT2D eigenvalue weighted by Crippen LogP contribution is 2.25. The molecule has 3 aromatic rings. The number of pyridine rings is 1. The normalized spacial score (nSPS) is 12.9. The van der Waals surface area contributed by atoms with Crippen LogP contribution in [0.3, 0.4) is 0 Å². The van der Waals surface area contributed by atoms with Crippen LogP contribution in [0.15, 0.2) is 67.0 Å². The van der Waals surface area contributed by atoms with E-state index in [0.29, 0.717) is 23.7 Å². The molecule has 0 amide bonds. The van der Waals surface area contributed by atoms with E-state index in [1.807, 2.05) is 43.3 Å². The van der Waals surface area contributed by atoms with Crippen molar-refractivity contribution in [1.29, 1.82) is 0 Å². The number of aliphatic hydroxyl groups is 1. The van der Waals surface area contributed by atoms with Crippen molar-refractivity contribution >= 4 is 23.3 Å². The van der Waals surface area contributed by atoms with Crippen LogP contribution in [0.5, 0.6) is 0 Å². The zero-order chi connectivity index (χ0) is 21.5. The average molecular weight is 426 g/mol. The van der Waals surface area contributed by atoms with Crippen LogP contribution in [-0.4, -0.2) is 40.3 Å². The molecule has 0 aliphatic rings. The summed E-state index contributed by atoms with van der Waals surface area (Å²) in [6.45, 7) is 3.05. The van der Waals surface area contributed by atoms with E-state index in [4.69, 9.17) is 11.6 Å². The summed E-state index contributed by atoms with van der Waals surface area (Å²) in [5.41, 5.74) is 3.21. The van der Waals surface area contributed by atoms with Gasteiger partial charge in [-0.05, 0) is 48.4 Å². The summed E-state index contributed by atoms with van der Waals surface area (Å²) >= 11 is 5.98. The number of anilines is 1. The predicted molar refractivity (Wildman–Crippen MR) is 119 cm³/mol. The summed E-state index contributed by atoms with van der Waals surface area (Å²) in [7, 11) is 0. The highest BCUT2D eigenvalue weighted by molar-refractivity contribution is 6.30. The van der Waals surface area contributed by atoms with Gasteiger partial charge in [0.15, 0.2) is 0 Å². The van der Waals surface area contributed by atoms with E-state index in [2.05, 4.69) is 15.6 Å². The maximum absolute atomic E-state index is 11.5. The fourth-order valence-electron chi connectivity index (χ4n) is 3.10. The van der Waals surface area contributed by atoms with Gasteiger partial charge < -0.3 is 20.8 Å². The van der Waals surface area contributed by atoms with Gasteiger partial charge in [-0.2, -0.15) is 0 Å².